The highest BCUT2D eigenvalue weighted by Crippen LogP contribution is 2.34. The summed E-state index contributed by atoms with van der Waals surface area (Å²) in [5.74, 6) is 0.0730. The van der Waals surface area contributed by atoms with Crippen molar-refractivity contribution < 1.29 is 9.47 Å². The fraction of sp³-hybridized carbons (Fsp3) is 0.636. The van der Waals surface area contributed by atoms with Gasteiger partial charge in [-0.15, -0.1) is 0 Å². The molecule has 0 bridgehead atoms. The van der Waals surface area contributed by atoms with Crippen molar-refractivity contribution >= 4 is 0 Å². The second-order valence-electron chi connectivity index (χ2n) is 4.38. The van der Waals surface area contributed by atoms with Gasteiger partial charge in [-0.05, 0) is 0 Å². The average Bonchev–Trinajstić information content (AvgIpc) is 2.65. The average molecular weight is 255 g/mol. The molecule has 3 N–H and O–H groups in total. The number of hydrogen-bond donors (Lipinski definition) is 2. The van der Waals surface area contributed by atoms with Crippen molar-refractivity contribution in [3.63, 3.8) is 0 Å². The molecule has 1 fully saturated rings. The van der Waals surface area contributed by atoms with E-state index in [1.165, 1.54) is 16.8 Å². The van der Waals surface area contributed by atoms with Gasteiger partial charge in [0.1, 0.15) is 6.10 Å². The van der Waals surface area contributed by atoms with E-state index in [1.807, 2.05) is 6.92 Å². The maximum atomic E-state index is 11.7. The van der Waals surface area contributed by atoms with Gasteiger partial charge in [0.15, 0.2) is 6.23 Å². The van der Waals surface area contributed by atoms with Gasteiger partial charge in [0.25, 0.3) is 5.56 Å². The van der Waals surface area contributed by atoms with Crippen molar-refractivity contribution in [2.45, 2.75) is 25.4 Å². The Morgan fingerprint density at radius 2 is 2.28 bits per heavy atom. The van der Waals surface area contributed by atoms with E-state index in [0.717, 1.165) is 0 Å². The summed E-state index contributed by atoms with van der Waals surface area (Å²) in [6.45, 7) is 2.32. The predicted octanol–water partition coefficient (Wildman–Crippen LogP) is -0.956. The zero-order valence-corrected chi connectivity index (χ0v) is 10.3. The number of aromatic nitrogens is 2. The third-order valence-corrected chi connectivity index (χ3v) is 3.33. The maximum Gasteiger partial charge on any atom is 0.330 e. The monoisotopic (exact) mass is 255 g/mol. The van der Waals surface area contributed by atoms with Crippen LogP contribution in [-0.2, 0) is 9.47 Å². The van der Waals surface area contributed by atoms with Gasteiger partial charge in [-0.2, -0.15) is 0 Å². The first-order valence-corrected chi connectivity index (χ1v) is 5.78. The van der Waals surface area contributed by atoms with E-state index in [0.29, 0.717) is 6.54 Å². The highest BCUT2D eigenvalue weighted by Gasteiger charge is 2.42. The Labute approximate surface area is 104 Å². The largest absolute Gasteiger partial charge is 0.376 e. The van der Waals surface area contributed by atoms with Gasteiger partial charge in [-0.25, -0.2) is 4.79 Å². The van der Waals surface area contributed by atoms with Crippen LogP contribution in [0.4, 0.5) is 0 Å². The van der Waals surface area contributed by atoms with E-state index in [9.17, 15) is 9.59 Å². The molecule has 1 aromatic rings. The lowest BCUT2D eigenvalue weighted by molar-refractivity contribution is -0.0506. The van der Waals surface area contributed by atoms with Gasteiger partial charge in [0.05, 0.1) is 6.10 Å². The van der Waals surface area contributed by atoms with Crippen molar-refractivity contribution in [3.8, 4) is 0 Å². The van der Waals surface area contributed by atoms with E-state index >= 15 is 0 Å². The van der Waals surface area contributed by atoms with Crippen LogP contribution in [-0.4, -0.2) is 35.4 Å². The zero-order chi connectivity index (χ0) is 13.3. The second-order valence-corrected chi connectivity index (χ2v) is 4.38. The summed E-state index contributed by atoms with van der Waals surface area (Å²) in [6, 6.07) is 1.28. The third-order valence-electron chi connectivity index (χ3n) is 3.33. The van der Waals surface area contributed by atoms with Gasteiger partial charge in [-0.3, -0.25) is 14.3 Å². The number of nitrogens with zero attached hydrogens (tertiary/aromatic N) is 1. The lowest BCUT2D eigenvalue weighted by Crippen LogP contribution is -2.36. The standard InChI is InChI=1S/C11H17N3O4/c1-6-7(5-12)18-10(9(6)17-2)14-4-3-8(15)13-11(14)16/h3-4,6-7,9-10H,5,12H2,1-2H3,(H,13,15,16)/t6-,7-,9-,10-/m1/s1. The number of hydrogen-bond acceptors (Lipinski definition) is 5. The van der Waals surface area contributed by atoms with Crippen LogP contribution in [0, 0.1) is 5.92 Å². The molecule has 1 saturated heterocycles. The molecule has 0 amide bonds. The molecule has 0 aliphatic carbocycles. The summed E-state index contributed by atoms with van der Waals surface area (Å²) in [5.41, 5.74) is 4.67. The molecular formula is C11H17N3O4. The Bertz CT molecular complexity index is 524. The lowest BCUT2D eigenvalue weighted by atomic mass is 10.0. The fourth-order valence-electron chi connectivity index (χ4n) is 2.30. The maximum absolute atomic E-state index is 11.7. The first-order valence-electron chi connectivity index (χ1n) is 5.78. The minimum Gasteiger partial charge on any atom is -0.376 e. The first kappa shape index (κ1) is 13.0. The van der Waals surface area contributed by atoms with E-state index < -0.39 is 17.5 Å². The molecule has 0 aromatic carbocycles. The third kappa shape index (κ3) is 2.12. The second kappa shape index (κ2) is 5.05. The minimum atomic E-state index is -0.567. The quantitative estimate of drug-likeness (QED) is 0.725. The molecule has 0 spiro atoms. The van der Waals surface area contributed by atoms with E-state index in [2.05, 4.69) is 4.98 Å². The highest BCUT2D eigenvalue weighted by atomic mass is 16.6. The van der Waals surface area contributed by atoms with Crippen molar-refractivity contribution in [3.05, 3.63) is 33.1 Å². The normalized spacial score (nSPS) is 31.7. The number of methoxy groups -OCH3 is 1. The Morgan fingerprint density at radius 1 is 1.56 bits per heavy atom. The molecule has 2 heterocycles. The molecule has 7 heteroatoms. The summed E-state index contributed by atoms with van der Waals surface area (Å²) in [5, 5.41) is 0. The van der Waals surface area contributed by atoms with Crippen LogP contribution < -0.4 is 17.0 Å². The summed E-state index contributed by atoms with van der Waals surface area (Å²) >= 11 is 0. The number of ether oxygens (including phenoxy) is 2. The van der Waals surface area contributed by atoms with Crippen LogP contribution >= 0.6 is 0 Å². The molecule has 18 heavy (non-hydrogen) atoms. The Balaban J connectivity index is 2.38. The SMILES string of the molecule is CO[C@@H]1[C@H](C)[C@@H](CN)O[C@H]1n1ccc(=O)[nH]c1=O. The van der Waals surface area contributed by atoms with Crippen LogP contribution in [0.1, 0.15) is 13.2 Å². The van der Waals surface area contributed by atoms with Gasteiger partial charge >= 0.3 is 5.69 Å². The fourth-order valence-corrected chi connectivity index (χ4v) is 2.30. The van der Waals surface area contributed by atoms with Crippen molar-refractivity contribution in [2.24, 2.45) is 11.7 Å². The molecule has 1 aromatic heterocycles. The van der Waals surface area contributed by atoms with E-state index in [-0.39, 0.29) is 18.1 Å². The van der Waals surface area contributed by atoms with E-state index in [4.69, 9.17) is 15.2 Å². The van der Waals surface area contributed by atoms with Gasteiger partial charge in [-0.1, -0.05) is 6.92 Å². The molecule has 1 aliphatic heterocycles. The number of nitrogens with one attached hydrogen (secondary N) is 1. The van der Waals surface area contributed by atoms with Gasteiger partial charge in [0.2, 0.25) is 0 Å². The first-order chi connectivity index (χ1) is 8.58. The molecule has 1 aliphatic rings. The number of nitrogens with two attached hydrogens (primary N) is 1. The molecule has 7 nitrogen and oxygen atoms in total. The lowest BCUT2D eigenvalue weighted by Gasteiger charge is -2.20. The van der Waals surface area contributed by atoms with Crippen molar-refractivity contribution in [2.75, 3.05) is 13.7 Å². The Hall–Kier alpha value is -1.44. The molecule has 2 rings (SSSR count). The van der Waals surface area contributed by atoms with Gasteiger partial charge < -0.3 is 15.2 Å². The van der Waals surface area contributed by atoms with Crippen LogP contribution in [0.3, 0.4) is 0 Å². The molecule has 100 valence electrons. The molecule has 0 radical (unpaired) electrons. The Morgan fingerprint density at radius 3 is 2.83 bits per heavy atom. The summed E-state index contributed by atoms with van der Waals surface area (Å²) < 4.78 is 12.4. The predicted molar refractivity (Wildman–Crippen MR) is 64.2 cm³/mol. The molecule has 0 unspecified atom stereocenters. The van der Waals surface area contributed by atoms with Crippen LogP contribution in [0.5, 0.6) is 0 Å². The van der Waals surface area contributed by atoms with Crippen LogP contribution in [0.15, 0.2) is 21.9 Å². The van der Waals surface area contributed by atoms with E-state index in [1.54, 1.807) is 7.11 Å². The minimum absolute atomic E-state index is 0.0730. The van der Waals surface area contributed by atoms with Crippen LogP contribution in [0.25, 0.3) is 0 Å². The number of H-pyrrole nitrogens is 1. The summed E-state index contributed by atoms with van der Waals surface area (Å²) in [7, 11) is 1.56. The number of aromatic amines is 1. The number of rotatable bonds is 3. The van der Waals surface area contributed by atoms with Crippen molar-refractivity contribution in [1.82, 2.24) is 9.55 Å². The van der Waals surface area contributed by atoms with Crippen LogP contribution in [0.2, 0.25) is 0 Å². The highest BCUT2D eigenvalue weighted by molar-refractivity contribution is 4.92. The molecule has 4 atom stereocenters. The topological polar surface area (TPSA) is 99.3 Å². The molecule has 0 saturated carbocycles. The van der Waals surface area contributed by atoms with Gasteiger partial charge in [0, 0.05) is 31.8 Å². The van der Waals surface area contributed by atoms with Crippen molar-refractivity contribution in [1.29, 1.82) is 0 Å². The summed E-state index contributed by atoms with van der Waals surface area (Å²) in [4.78, 5) is 25.0. The smallest absolute Gasteiger partial charge is 0.330 e. The Kier molecular flexibility index (Phi) is 3.65. The zero-order valence-electron chi connectivity index (χ0n) is 10.3. The summed E-state index contributed by atoms with van der Waals surface area (Å²) in [6.07, 6.45) is 0.396. The molecular weight excluding hydrogens is 238 g/mol.